The highest BCUT2D eigenvalue weighted by atomic mass is 19.4. The van der Waals surface area contributed by atoms with Gasteiger partial charge in [0.15, 0.2) is 12.6 Å². The van der Waals surface area contributed by atoms with Gasteiger partial charge in [-0.15, -0.1) is 0 Å². The quantitative estimate of drug-likeness (QED) is 0.586. The van der Waals surface area contributed by atoms with Crippen molar-refractivity contribution >= 4 is 17.4 Å². The molecule has 0 N–H and O–H groups in total. The van der Waals surface area contributed by atoms with Crippen LogP contribution >= 0.6 is 0 Å². The van der Waals surface area contributed by atoms with Crippen LogP contribution in [0.5, 0.6) is 5.75 Å². The molecule has 2 aromatic carbocycles. The van der Waals surface area contributed by atoms with Crippen LogP contribution in [0.4, 0.5) is 23.2 Å². The van der Waals surface area contributed by atoms with Crippen LogP contribution in [0.15, 0.2) is 46.4 Å². The fraction of sp³-hybridized carbons (Fsp3) is 0.391. The Morgan fingerprint density at radius 2 is 1.94 bits per heavy atom. The van der Waals surface area contributed by atoms with E-state index in [0.717, 1.165) is 25.3 Å². The highest BCUT2D eigenvalue weighted by Crippen LogP contribution is 2.39. The highest BCUT2D eigenvalue weighted by molar-refractivity contribution is 6.11. The molecule has 0 spiro atoms. The van der Waals surface area contributed by atoms with Gasteiger partial charge in [-0.25, -0.2) is 9.38 Å². The molecule has 0 aromatic heterocycles. The van der Waals surface area contributed by atoms with Crippen LogP contribution in [0.3, 0.4) is 0 Å². The van der Waals surface area contributed by atoms with Gasteiger partial charge in [-0.2, -0.15) is 18.2 Å². The minimum atomic E-state index is -4.54. The van der Waals surface area contributed by atoms with E-state index in [9.17, 15) is 17.6 Å². The topological polar surface area (TPSA) is 46.4 Å². The molecule has 1 atom stereocenters. The van der Waals surface area contributed by atoms with Crippen LogP contribution in [-0.4, -0.2) is 38.2 Å². The fourth-order valence-electron chi connectivity index (χ4n) is 4.07. The summed E-state index contributed by atoms with van der Waals surface area (Å²) >= 11 is 0. The lowest BCUT2D eigenvalue weighted by atomic mass is 9.99. The van der Waals surface area contributed by atoms with Crippen molar-refractivity contribution in [1.82, 2.24) is 0 Å². The van der Waals surface area contributed by atoms with Crippen LogP contribution in [0.1, 0.15) is 42.9 Å². The van der Waals surface area contributed by atoms with Gasteiger partial charge < -0.3 is 14.4 Å². The summed E-state index contributed by atoms with van der Waals surface area (Å²) in [6, 6.07) is 8.01. The molecule has 2 aromatic rings. The summed E-state index contributed by atoms with van der Waals surface area (Å²) in [5, 5.41) is 0. The summed E-state index contributed by atoms with van der Waals surface area (Å²) in [6.45, 7) is 2.37. The van der Waals surface area contributed by atoms with E-state index in [4.69, 9.17) is 9.47 Å². The number of methoxy groups -OCH3 is 1. The summed E-state index contributed by atoms with van der Waals surface area (Å²) in [5.41, 5.74) is -0.107. The van der Waals surface area contributed by atoms with Crippen LogP contribution in [0.2, 0.25) is 0 Å². The molecule has 2 aliphatic rings. The Hall–Kier alpha value is -3.10. The van der Waals surface area contributed by atoms with Crippen molar-refractivity contribution in [2.24, 2.45) is 9.98 Å². The molecule has 1 saturated heterocycles. The van der Waals surface area contributed by atoms with Gasteiger partial charge in [0.05, 0.1) is 18.2 Å². The minimum Gasteiger partial charge on any atom is -0.496 e. The maximum absolute atomic E-state index is 14.0. The number of halogens is 4. The molecule has 2 aliphatic heterocycles. The van der Waals surface area contributed by atoms with Gasteiger partial charge in [0.25, 0.3) is 0 Å². The smallest absolute Gasteiger partial charge is 0.418 e. The lowest BCUT2D eigenvalue weighted by Gasteiger charge is -2.37. The molecule has 0 aliphatic carbocycles. The molecule has 2 heterocycles. The first-order valence-electron chi connectivity index (χ1n) is 10.4. The number of nitrogens with zero attached hydrogens (tertiary/aromatic N) is 3. The monoisotopic (exact) mass is 449 g/mol. The molecule has 170 valence electrons. The predicted octanol–water partition coefficient (Wildman–Crippen LogP) is 5.41. The van der Waals surface area contributed by atoms with E-state index in [1.807, 2.05) is 11.8 Å². The second-order valence-corrected chi connectivity index (χ2v) is 7.78. The normalized spacial score (nSPS) is 19.2. The SMILES string of the molecule is COc1ccc(F)cc1C1=NCOC(c2ccc(N3CCCCC3C)c(C(F)(F)F)c2)=N1. The minimum absolute atomic E-state index is 0.00921. The molecule has 4 rings (SSSR count). The summed E-state index contributed by atoms with van der Waals surface area (Å²) in [4.78, 5) is 10.2. The zero-order valence-corrected chi connectivity index (χ0v) is 17.7. The fourth-order valence-corrected chi connectivity index (χ4v) is 4.07. The number of piperidine rings is 1. The first kappa shape index (κ1) is 22.1. The molecule has 32 heavy (non-hydrogen) atoms. The van der Waals surface area contributed by atoms with Gasteiger partial charge >= 0.3 is 6.18 Å². The van der Waals surface area contributed by atoms with Gasteiger partial charge in [0.2, 0.25) is 5.90 Å². The van der Waals surface area contributed by atoms with E-state index in [1.54, 1.807) is 6.07 Å². The third-order valence-corrected chi connectivity index (χ3v) is 5.69. The summed E-state index contributed by atoms with van der Waals surface area (Å²) in [5.74, 6) is -0.0402. The standard InChI is InChI=1S/C23H23F4N3O2/c1-14-5-3-4-10-30(14)19-8-6-15(11-18(19)23(25,26)27)22-29-21(28-13-32-22)17-12-16(24)7-9-20(17)31-2/h6-9,11-12,14H,3-5,10,13H2,1-2H3. The number of ether oxygens (including phenoxy) is 2. The molecule has 0 saturated carbocycles. The number of rotatable bonds is 4. The lowest BCUT2D eigenvalue weighted by Crippen LogP contribution is -2.38. The molecule has 5 nitrogen and oxygen atoms in total. The summed E-state index contributed by atoms with van der Waals surface area (Å²) in [7, 11) is 1.43. The highest BCUT2D eigenvalue weighted by Gasteiger charge is 2.37. The van der Waals surface area contributed by atoms with Crippen molar-refractivity contribution in [3.8, 4) is 5.75 Å². The number of aliphatic imine (C=N–C) groups is 2. The Bertz CT molecular complexity index is 1070. The average molecular weight is 449 g/mol. The lowest BCUT2D eigenvalue weighted by molar-refractivity contribution is -0.137. The predicted molar refractivity (Wildman–Crippen MR) is 114 cm³/mol. The zero-order chi connectivity index (χ0) is 22.9. The van der Waals surface area contributed by atoms with Crippen LogP contribution < -0.4 is 9.64 Å². The molecule has 0 amide bonds. The van der Waals surface area contributed by atoms with Crippen LogP contribution in [-0.2, 0) is 10.9 Å². The first-order valence-corrected chi connectivity index (χ1v) is 10.4. The van der Waals surface area contributed by atoms with E-state index in [2.05, 4.69) is 9.98 Å². The number of anilines is 1. The summed E-state index contributed by atoms with van der Waals surface area (Å²) in [6.07, 6.45) is -1.83. The Kier molecular flexibility index (Phi) is 6.08. The van der Waals surface area contributed by atoms with Crippen molar-refractivity contribution < 1.29 is 27.0 Å². The van der Waals surface area contributed by atoms with E-state index < -0.39 is 17.6 Å². The Morgan fingerprint density at radius 3 is 2.66 bits per heavy atom. The number of amidine groups is 1. The number of alkyl halides is 3. The maximum atomic E-state index is 14.0. The first-order chi connectivity index (χ1) is 15.3. The van der Waals surface area contributed by atoms with Crippen LogP contribution in [0, 0.1) is 5.82 Å². The van der Waals surface area contributed by atoms with Crippen molar-refractivity contribution in [1.29, 1.82) is 0 Å². The second kappa shape index (κ2) is 8.80. The Labute approximate surface area is 183 Å². The molecular weight excluding hydrogens is 426 g/mol. The number of benzene rings is 2. The van der Waals surface area contributed by atoms with Crippen molar-refractivity contribution in [3.63, 3.8) is 0 Å². The molecule has 0 bridgehead atoms. The number of hydrogen-bond donors (Lipinski definition) is 0. The zero-order valence-electron chi connectivity index (χ0n) is 17.7. The largest absolute Gasteiger partial charge is 0.496 e. The van der Waals surface area contributed by atoms with Gasteiger partial charge in [0.1, 0.15) is 11.6 Å². The van der Waals surface area contributed by atoms with Gasteiger partial charge in [0, 0.05) is 23.8 Å². The van der Waals surface area contributed by atoms with Crippen LogP contribution in [0.25, 0.3) is 0 Å². The average Bonchev–Trinajstić information content (AvgIpc) is 2.78. The van der Waals surface area contributed by atoms with Crippen molar-refractivity contribution in [2.75, 3.05) is 25.3 Å². The van der Waals surface area contributed by atoms with E-state index in [0.29, 0.717) is 17.9 Å². The molecule has 1 fully saturated rings. The van der Waals surface area contributed by atoms with Crippen molar-refractivity contribution in [2.45, 2.75) is 38.4 Å². The second-order valence-electron chi connectivity index (χ2n) is 7.78. The summed E-state index contributed by atoms with van der Waals surface area (Å²) < 4.78 is 66.4. The molecule has 1 unspecified atom stereocenters. The molecule has 0 radical (unpaired) electrons. The van der Waals surface area contributed by atoms with Gasteiger partial charge in [-0.3, -0.25) is 0 Å². The van der Waals surface area contributed by atoms with E-state index >= 15 is 0 Å². The van der Waals surface area contributed by atoms with E-state index in [1.165, 1.54) is 31.4 Å². The van der Waals surface area contributed by atoms with Crippen molar-refractivity contribution in [3.05, 3.63) is 58.9 Å². The molecule has 9 heteroatoms. The third kappa shape index (κ3) is 4.42. The maximum Gasteiger partial charge on any atom is 0.418 e. The molecular formula is C23H23F4N3O2. The number of hydrogen-bond acceptors (Lipinski definition) is 5. The van der Waals surface area contributed by atoms with E-state index in [-0.39, 0.29) is 35.8 Å². The van der Waals surface area contributed by atoms with Gasteiger partial charge in [-0.05, 0) is 62.6 Å². The van der Waals surface area contributed by atoms with Gasteiger partial charge in [-0.1, -0.05) is 0 Å². The Morgan fingerprint density at radius 1 is 1.12 bits per heavy atom. The third-order valence-electron chi connectivity index (χ3n) is 5.69. The Balaban J connectivity index is 1.74.